The van der Waals surface area contributed by atoms with Crippen molar-refractivity contribution in [3.05, 3.63) is 58.1 Å². The number of methoxy groups -OCH3 is 1. The zero-order valence-electron chi connectivity index (χ0n) is 17.2. The molecule has 3 N–H and O–H groups in total. The zero-order valence-corrected chi connectivity index (χ0v) is 17.2. The molecule has 0 bridgehead atoms. The van der Waals surface area contributed by atoms with Gasteiger partial charge >= 0.3 is 0 Å². The van der Waals surface area contributed by atoms with Crippen molar-refractivity contribution in [2.45, 2.75) is 25.7 Å². The van der Waals surface area contributed by atoms with Crippen LogP contribution in [0.5, 0.6) is 5.75 Å². The van der Waals surface area contributed by atoms with Crippen LogP contribution in [-0.2, 0) is 4.79 Å². The molecule has 0 radical (unpaired) electrons. The van der Waals surface area contributed by atoms with Gasteiger partial charge in [-0.3, -0.25) is 9.59 Å². The van der Waals surface area contributed by atoms with Crippen LogP contribution in [0.3, 0.4) is 0 Å². The van der Waals surface area contributed by atoms with Gasteiger partial charge in [0.1, 0.15) is 17.2 Å². The number of ether oxygens (including phenoxy) is 1. The Hall–Kier alpha value is -3.33. The van der Waals surface area contributed by atoms with Gasteiger partial charge in [-0.15, -0.1) is 0 Å². The average molecular weight is 431 g/mol. The smallest absolute Gasteiger partial charge is 0.300 e. The molecule has 31 heavy (non-hydrogen) atoms. The number of piperidine rings is 1. The Morgan fingerprint density at radius 2 is 1.77 bits per heavy atom. The van der Waals surface area contributed by atoms with Crippen molar-refractivity contribution in [2.75, 3.05) is 20.2 Å². The SMILES string of the molecule is CC(=O)O.COc1ccc(-c2cc(F)c3nc(C4CCNCC4)[nH]c(=O)c3c2)cc1F. The lowest BCUT2D eigenvalue weighted by molar-refractivity contribution is -0.134. The molecule has 0 amide bonds. The number of hydrogen-bond acceptors (Lipinski definition) is 5. The van der Waals surface area contributed by atoms with Gasteiger partial charge in [0.25, 0.3) is 11.5 Å². The highest BCUT2D eigenvalue weighted by atomic mass is 19.1. The number of carboxylic acid groups (broad SMARTS) is 1. The van der Waals surface area contributed by atoms with Gasteiger partial charge in [0.05, 0.1) is 12.5 Å². The van der Waals surface area contributed by atoms with Crippen molar-refractivity contribution in [1.29, 1.82) is 0 Å². The first-order valence-corrected chi connectivity index (χ1v) is 9.77. The molecule has 0 unspecified atom stereocenters. The lowest BCUT2D eigenvalue weighted by atomic mass is 9.97. The van der Waals surface area contributed by atoms with E-state index in [9.17, 15) is 13.6 Å². The minimum Gasteiger partial charge on any atom is -0.494 e. The summed E-state index contributed by atoms with van der Waals surface area (Å²) in [6.45, 7) is 2.77. The van der Waals surface area contributed by atoms with Crippen LogP contribution in [0.1, 0.15) is 31.5 Å². The normalized spacial score (nSPS) is 14.1. The third-order valence-electron chi connectivity index (χ3n) is 4.99. The Labute approximate surface area is 177 Å². The number of halogens is 2. The van der Waals surface area contributed by atoms with Gasteiger partial charge in [0.2, 0.25) is 0 Å². The van der Waals surface area contributed by atoms with Crippen LogP contribution < -0.4 is 15.6 Å². The number of carbonyl (C=O) groups is 1. The molecule has 4 rings (SSSR count). The van der Waals surface area contributed by atoms with Gasteiger partial charge in [-0.25, -0.2) is 13.8 Å². The largest absolute Gasteiger partial charge is 0.494 e. The Morgan fingerprint density at radius 3 is 2.39 bits per heavy atom. The van der Waals surface area contributed by atoms with E-state index in [1.165, 1.54) is 31.4 Å². The van der Waals surface area contributed by atoms with E-state index in [2.05, 4.69) is 15.3 Å². The molecule has 7 nitrogen and oxygen atoms in total. The summed E-state index contributed by atoms with van der Waals surface area (Å²) < 4.78 is 33.6. The third kappa shape index (κ3) is 5.24. The van der Waals surface area contributed by atoms with Crippen LogP contribution in [0, 0.1) is 11.6 Å². The van der Waals surface area contributed by atoms with E-state index < -0.39 is 17.6 Å². The maximum Gasteiger partial charge on any atom is 0.300 e. The molecular formula is C22H23F2N3O4. The van der Waals surface area contributed by atoms with Crippen molar-refractivity contribution in [3.63, 3.8) is 0 Å². The standard InChI is InChI=1S/C20H19F2N3O2.C2H4O2/c1-27-17-3-2-12(9-15(17)21)13-8-14-18(16(22)10-13)24-19(25-20(14)26)11-4-6-23-7-5-11;1-2(3)4/h2-3,8-11,23H,4-7H2,1H3,(H,24,25,26);1H3,(H,3,4). The summed E-state index contributed by atoms with van der Waals surface area (Å²) in [5, 5.41) is 10.8. The number of aliphatic carboxylic acids is 1. The molecule has 1 fully saturated rings. The maximum absolute atomic E-state index is 14.8. The first-order chi connectivity index (χ1) is 14.8. The van der Waals surface area contributed by atoms with Crippen molar-refractivity contribution < 1.29 is 23.4 Å². The van der Waals surface area contributed by atoms with E-state index in [4.69, 9.17) is 14.6 Å². The lowest BCUT2D eigenvalue weighted by Crippen LogP contribution is -2.28. The fraction of sp³-hybridized carbons (Fsp3) is 0.318. The maximum atomic E-state index is 14.8. The molecule has 3 aromatic rings. The van der Waals surface area contributed by atoms with Crippen LogP contribution in [0.2, 0.25) is 0 Å². The summed E-state index contributed by atoms with van der Waals surface area (Å²) in [4.78, 5) is 28.8. The van der Waals surface area contributed by atoms with E-state index in [0.717, 1.165) is 32.9 Å². The molecule has 0 aliphatic carbocycles. The first-order valence-electron chi connectivity index (χ1n) is 9.77. The Kier molecular flexibility index (Phi) is 6.96. The van der Waals surface area contributed by atoms with Crippen LogP contribution in [-0.4, -0.2) is 41.2 Å². The Morgan fingerprint density at radius 1 is 1.13 bits per heavy atom. The molecule has 1 aromatic heterocycles. The number of rotatable bonds is 3. The summed E-state index contributed by atoms with van der Waals surface area (Å²) in [6, 6.07) is 7.16. The third-order valence-corrected chi connectivity index (χ3v) is 4.99. The molecule has 1 aliphatic rings. The summed E-state index contributed by atoms with van der Waals surface area (Å²) in [7, 11) is 1.37. The van der Waals surface area contributed by atoms with Gasteiger partial charge < -0.3 is 20.1 Å². The van der Waals surface area contributed by atoms with Crippen LogP contribution in [0.15, 0.2) is 35.1 Å². The quantitative estimate of drug-likeness (QED) is 0.587. The molecular weight excluding hydrogens is 408 g/mol. The number of nitrogens with zero attached hydrogens (tertiary/aromatic N) is 1. The summed E-state index contributed by atoms with van der Waals surface area (Å²) in [6.07, 6.45) is 1.69. The average Bonchev–Trinajstić information content (AvgIpc) is 2.74. The second-order valence-electron chi connectivity index (χ2n) is 7.20. The van der Waals surface area contributed by atoms with Crippen molar-refractivity contribution in [1.82, 2.24) is 15.3 Å². The number of aromatic amines is 1. The van der Waals surface area contributed by atoms with Crippen LogP contribution in [0.25, 0.3) is 22.0 Å². The molecule has 1 aliphatic heterocycles. The molecule has 9 heteroatoms. The fourth-order valence-electron chi connectivity index (χ4n) is 3.52. The van der Waals surface area contributed by atoms with Crippen molar-refractivity contribution in [2.24, 2.45) is 0 Å². The first kappa shape index (κ1) is 22.4. The molecule has 2 aromatic carbocycles. The predicted molar refractivity (Wildman–Crippen MR) is 112 cm³/mol. The van der Waals surface area contributed by atoms with E-state index in [1.807, 2.05) is 0 Å². The van der Waals surface area contributed by atoms with Crippen LogP contribution >= 0.6 is 0 Å². The lowest BCUT2D eigenvalue weighted by Gasteiger charge is -2.21. The number of hydrogen-bond donors (Lipinski definition) is 3. The number of fused-ring (bicyclic) bond motifs is 1. The van der Waals surface area contributed by atoms with E-state index in [-0.39, 0.29) is 28.1 Å². The van der Waals surface area contributed by atoms with Gasteiger partial charge in [0.15, 0.2) is 11.6 Å². The van der Waals surface area contributed by atoms with Crippen LogP contribution in [0.4, 0.5) is 8.78 Å². The van der Waals surface area contributed by atoms with Gasteiger partial charge in [-0.05, 0) is 61.3 Å². The Balaban J connectivity index is 0.000000628. The highest BCUT2D eigenvalue weighted by Gasteiger charge is 2.20. The fourth-order valence-corrected chi connectivity index (χ4v) is 3.52. The van der Waals surface area contributed by atoms with E-state index >= 15 is 0 Å². The second-order valence-corrected chi connectivity index (χ2v) is 7.20. The summed E-state index contributed by atoms with van der Waals surface area (Å²) in [5.41, 5.74) is 0.521. The second kappa shape index (κ2) is 9.65. The number of aromatic nitrogens is 2. The summed E-state index contributed by atoms with van der Waals surface area (Å²) >= 11 is 0. The highest BCUT2D eigenvalue weighted by molar-refractivity contribution is 5.84. The van der Waals surface area contributed by atoms with Crippen molar-refractivity contribution >= 4 is 16.9 Å². The van der Waals surface area contributed by atoms with Gasteiger partial charge in [-0.1, -0.05) is 6.07 Å². The highest BCUT2D eigenvalue weighted by Crippen LogP contribution is 2.29. The molecule has 2 heterocycles. The van der Waals surface area contributed by atoms with E-state index in [1.54, 1.807) is 6.07 Å². The molecule has 164 valence electrons. The number of H-pyrrole nitrogens is 1. The predicted octanol–water partition coefficient (Wildman–Crippen LogP) is 3.43. The number of benzene rings is 2. The topological polar surface area (TPSA) is 104 Å². The number of carboxylic acids is 1. The van der Waals surface area contributed by atoms with Gasteiger partial charge in [0, 0.05) is 12.8 Å². The molecule has 0 atom stereocenters. The monoisotopic (exact) mass is 431 g/mol. The molecule has 0 saturated carbocycles. The minimum absolute atomic E-state index is 0.0463. The van der Waals surface area contributed by atoms with E-state index in [0.29, 0.717) is 17.0 Å². The molecule has 0 spiro atoms. The zero-order chi connectivity index (χ0) is 22.5. The van der Waals surface area contributed by atoms with Gasteiger partial charge in [-0.2, -0.15) is 0 Å². The van der Waals surface area contributed by atoms with Crippen molar-refractivity contribution in [3.8, 4) is 16.9 Å². The summed E-state index contributed by atoms with van der Waals surface area (Å²) in [5.74, 6) is -1.25. The molecule has 1 saturated heterocycles. The number of nitrogens with one attached hydrogen (secondary N) is 2. The Bertz CT molecular complexity index is 1150. The minimum atomic E-state index is -0.833.